The minimum atomic E-state index is -0.625. The van der Waals surface area contributed by atoms with Crippen molar-refractivity contribution in [3.8, 4) is 18.2 Å². The highest BCUT2D eigenvalue weighted by Gasteiger charge is 2.14. The van der Waals surface area contributed by atoms with Gasteiger partial charge in [-0.1, -0.05) is 45.0 Å². The van der Waals surface area contributed by atoms with E-state index in [1.807, 2.05) is 74.5 Å². The standard InChI is InChI=1S/C39H49ClN6O4/c1-4-19-44(24-25-46(23-17-40)37-15-11-33(12-16-37)29-35(31-43)39(48)50-27-6-3)20-8-22-45(21-7-18-41)36-13-9-32(10-14-36)28-34(30-42)38(47)49-26-5-2/h9-16,28-29H,4-8,17,19-27H2,1-3H3/b34-28+,35-29+. The van der Waals surface area contributed by atoms with Crippen LogP contribution in [-0.2, 0) is 19.1 Å². The van der Waals surface area contributed by atoms with Crippen molar-refractivity contribution in [2.75, 3.05) is 74.7 Å². The van der Waals surface area contributed by atoms with Crippen molar-refractivity contribution in [3.63, 3.8) is 0 Å². The topological polar surface area (TPSA) is 134 Å². The number of hydrogen-bond donors (Lipinski definition) is 0. The van der Waals surface area contributed by atoms with Gasteiger partial charge in [0.1, 0.15) is 23.3 Å². The summed E-state index contributed by atoms with van der Waals surface area (Å²) >= 11 is 6.19. The molecule has 0 spiro atoms. The van der Waals surface area contributed by atoms with Crippen LogP contribution in [0.25, 0.3) is 12.2 Å². The quantitative estimate of drug-likeness (QED) is 0.0518. The van der Waals surface area contributed by atoms with Crippen molar-refractivity contribution in [2.24, 2.45) is 0 Å². The summed E-state index contributed by atoms with van der Waals surface area (Å²) in [6, 6.07) is 21.4. The molecule has 2 aromatic carbocycles. The van der Waals surface area contributed by atoms with Gasteiger partial charge in [0.05, 0.1) is 25.7 Å². The molecule has 0 fully saturated rings. The molecule has 0 saturated carbocycles. The van der Waals surface area contributed by atoms with Gasteiger partial charge in [-0.3, -0.25) is 0 Å². The lowest BCUT2D eigenvalue weighted by atomic mass is 10.1. The number of nitrogens with zero attached hydrogens (tertiary/aromatic N) is 6. The summed E-state index contributed by atoms with van der Waals surface area (Å²) in [5.41, 5.74) is 3.36. The first-order chi connectivity index (χ1) is 24.3. The lowest BCUT2D eigenvalue weighted by molar-refractivity contribution is -0.139. The van der Waals surface area contributed by atoms with Crippen LogP contribution in [0, 0.1) is 34.0 Å². The van der Waals surface area contributed by atoms with E-state index < -0.39 is 11.9 Å². The normalized spacial score (nSPS) is 11.3. The van der Waals surface area contributed by atoms with Crippen molar-refractivity contribution >= 4 is 47.1 Å². The molecule has 2 rings (SSSR count). The zero-order chi connectivity index (χ0) is 36.6. The van der Waals surface area contributed by atoms with Crippen molar-refractivity contribution in [1.29, 1.82) is 15.8 Å². The van der Waals surface area contributed by atoms with Crippen LogP contribution in [0.5, 0.6) is 0 Å². The lowest BCUT2D eigenvalue weighted by Gasteiger charge is -2.30. The molecule has 0 amide bonds. The van der Waals surface area contributed by atoms with Gasteiger partial charge in [0.15, 0.2) is 0 Å². The molecule has 0 heterocycles. The van der Waals surface area contributed by atoms with Gasteiger partial charge in [0, 0.05) is 50.0 Å². The zero-order valence-corrected chi connectivity index (χ0v) is 30.3. The zero-order valence-electron chi connectivity index (χ0n) is 29.6. The van der Waals surface area contributed by atoms with Crippen molar-refractivity contribution in [1.82, 2.24) is 4.90 Å². The van der Waals surface area contributed by atoms with Crippen LogP contribution in [0.2, 0.25) is 0 Å². The fraction of sp³-hybridized carbons (Fsp3) is 0.462. The third kappa shape index (κ3) is 14.7. The van der Waals surface area contributed by atoms with Gasteiger partial charge in [0.2, 0.25) is 0 Å². The van der Waals surface area contributed by atoms with E-state index in [2.05, 4.69) is 27.7 Å². The summed E-state index contributed by atoms with van der Waals surface area (Å²) in [7, 11) is 0. The minimum absolute atomic E-state index is 0.0324. The van der Waals surface area contributed by atoms with Crippen molar-refractivity contribution in [3.05, 3.63) is 70.8 Å². The predicted octanol–water partition coefficient (Wildman–Crippen LogP) is 6.97. The Hall–Kier alpha value is -4.82. The van der Waals surface area contributed by atoms with E-state index >= 15 is 0 Å². The summed E-state index contributed by atoms with van der Waals surface area (Å²) in [6.45, 7) is 12.0. The molecule has 0 bridgehead atoms. The van der Waals surface area contributed by atoms with E-state index in [1.54, 1.807) is 6.08 Å². The second-order valence-corrected chi connectivity index (χ2v) is 11.9. The maximum atomic E-state index is 12.1. The summed E-state index contributed by atoms with van der Waals surface area (Å²) in [5, 5.41) is 28.1. The number of esters is 2. The fourth-order valence-electron chi connectivity index (χ4n) is 5.14. The summed E-state index contributed by atoms with van der Waals surface area (Å²) in [6.07, 6.45) is 6.74. The lowest BCUT2D eigenvalue weighted by Crippen LogP contribution is -2.38. The molecule has 11 heteroatoms. The van der Waals surface area contributed by atoms with E-state index in [-0.39, 0.29) is 24.4 Å². The van der Waals surface area contributed by atoms with Gasteiger partial charge in [-0.05, 0) is 86.3 Å². The van der Waals surface area contributed by atoms with Crippen LogP contribution >= 0.6 is 11.6 Å². The third-order valence-corrected chi connectivity index (χ3v) is 7.84. The summed E-state index contributed by atoms with van der Waals surface area (Å²) < 4.78 is 10.2. The second-order valence-electron chi connectivity index (χ2n) is 11.6. The van der Waals surface area contributed by atoms with Gasteiger partial charge >= 0.3 is 11.9 Å². The predicted molar refractivity (Wildman–Crippen MR) is 199 cm³/mol. The molecule has 266 valence electrons. The number of halogens is 1. The maximum absolute atomic E-state index is 12.1. The summed E-state index contributed by atoms with van der Waals surface area (Å²) in [4.78, 5) is 31.2. The number of benzene rings is 2. The van der Waals surface area contributed by atoms with Crippen molar-refractivity contribution < 1.29 is 19.1 Å². The average Bonchev–Trinajstić information content (AvgIpc) is 3.14. The van der Waals surface area contributed by atoms with Crippen LogP contribution in [0.1, 0.15) is 64.0 Å². The smallest absolute Gasteiger partial charge is 0.348 e. The van der Waals surface area contributed by atoms with E-state index in [1.165, 1.54) is 6.08 Å². The summed E-state index contributed by atoms with van der Waals surface area (Å²) in [5.74, 6) is -0.768. The van der Waals surface area contributed by atoms with Gasteiger partial charge in [-0.2, -0.15) is 15.8 Å². The number of rotatable bonds is 23. The van der Waals surface area contributed by atoms with Gasteiger partial charge in [-0.15, -0.1) is 11.6 Å². The fourth-order valence-corrected chi connectivity index (χ4v) is 5.34. The maximum Gasteiger partial charge on any atom is 0.348 e. The largest absolute Gasteiger partial charge is 0.462 e. The molecule has 0 aromatic heterocycles. The molecule has 0 atom stereocenters. The molecule has 0 aliphatic rings. The van der Waals surface area contributed by atoms with E-state index in [9.17, 15) is 25.4 Å². The van der Waals surface area contributed by atoms with Crippen LogP contribution in [0.3, 0.4) is 0 Å². The Balaban J connectivity index is 2.06. The monoisotopic (exact) mass is 700 g/mol. The molecule has 0 saturated heterocycles. The Morgan fingerprint density at radius 2 is 1.16 bits per heavy atom. The second kappa shape index (κ2) is 24.3. The van der Waals surface area contributed by atoms with Gasteiger partial charge in [-0.25, -0.2) is 9.59 Å². The van der Waals surface area contributed by atoms with E-state index in [4.69, 9.17) is 21.1 Å². The molecular weight excluding hydrogens is 652 g/mol. The molecule has 0 N–H and O–H groups in total. The van der Waals surface area contributed by atoms with Crippen LogP contribution in [0.4, 0.5) is 11.4 Å². The molecule has 0 aliphatic heterocycles. The first-order valence-corrected chi connectivity index (χ1v) is 17.8. The van der Waals surface area contributed by atoms with Gasteiger partial charge in [0.25, 0.3) is 0 Å². The number of hydrogen-bond acceptors (Lipinski definition) is 10. The first kappa shape index (κ1) is 41.4. The molecule has 10 nitrogen and oxygen atoms in total. The van der Waals surface area contributed by atoms with Crippen LogP contribution in [0.15, 0.2) is 59.7 Å². The highest BCUT2D eigenvalue weighted by atomic mass is 35.5. The van der Waals surface area contributed by atoms with Gasteiger partial charge < -0.3 is 24.2 Å². The first-order valence-electron chi connectivity index (χ1n) is 17.3. The SMILES string of the molecule is CCCOC(=O)/C(C#N)=C/c1ccc(N(CCC#N)CCCN(CCC)CCN(CCCl)c2ccc(/C=C(\C#N)C(=O)OCCC)cc2)cc1. The Morgan fingerprint density at radius 1 is 0.660 bits per heavy atom. The molecule has 2 aromatic rings. The number of alkyl halides is 1. The van der Waals surface area contributed by atoms with Crippen LogP contribution < -0.4 is 9.80 Å². The van der Waals surface area contributed by atoms with Crippen molar-refractivity contribution in [2.45, 2.75) is 52.9 Å². The highest BCUT2D eigenvalue weighted by Crippen LogP contribution is 2.20. The third-order valence-electron chi connectivity index (χ3n) is 7.67. The van der Waals surface area contributed by atoms with E-state index in [0.29, 0.717) is 38.2 Å². The number of carbonyl (C=O) groups is 2. The molecule has 0 aliphatic carbocycles. The molecular formula is C39H49ClN6O4. The minimum Gasteiger partial charge on any atom is -0.462 e. The Kier molecular flexibility index (Phi) is 20.1. The Bertz CT molecular complexity index is 1520. The molecule has 0 radical (unpaired) electrons. The highest BCUT2D eigenvalue weighted by molar-refractivity contribution is 6.18. The molecule has 0 unspecified atom stereocenters. The van der Waals surface area contributed by atoms with Crippen LogP contribution in [-0.4, -0.2) is 81.7 Å². The number of nitriles is 3. The Morgan fingerprint density at radius 3 is 1.58 bits per heavy atom. The average molecular weight is 701 g/mol. The Labute approximate surface area is 302 Å². The van der Waals surface area contributed by atoms with E-state index in [0.717, 1.165) is 68.1 Å². The number of carbonyl (C=O) groups excluding carboxylic acids is 2. The number of ether oxygens (including phenoxy) is 2. The molecule has 50 heavy (non-hydrogen) atoms. The number of anilines is 2.